The lowest BCUT2D eigenvalue weighted by atomic mass is 10.0. The summed E-state index contributed by atoms with van der Waals surface area (Å²) < 4.78 is 16.1. The average molecular weight is 323 g/mol. The average Bonchev–Trinajstić information content (AvgIpc) is 2.65. The topological polar surface area (TPSA) is 51.5 Å². The first-order chi connectivity index (χ1) is 11.7. The number of benzene rings is 2. The maximum absolute atomic E-state index is 9.61. The molecule has 2 rings (SSSR count). The van der Waals surface area contributed by atoms with Crippen LogP contribution in [0.4, 0.5) is 0 Å². The molecule has 0 aromatic heterocycles. The fourth-order valence-electron chi connectivity index (χ4n) is 2.50. The predicted molar refractivity (Wildman–Crippen MR) is 95.4 cm³/mol. The van der Waals surface area contributed by atoms with E-state index in [1.54, 1.807) is 33.5 Å². The van der Waals surface area contributed by atoms with Crippen LogP contribution in [0.15, 0.2) is 36.4 Å². The van der Waals surface area contributed by atoms with E-state index in [0.29, 0.717) is 28.4 Å². The Bertz CT molecular complexity index is 771. The first kappa shape index (κ1) is 17.4. The highest BCUT2D eigenvalue weighted by Gasteiger charge is 2.18. The van der Waals surface area contributed by atoms with E-state index in [4.69, 9.17) is 14.2 Å². The third kappa shape index (κ3) is 3.52. The lowest BCUT2D eigenvalue weighted by Gasteiger charge is -2.15. The Labute approximate surface area is 142 Å². The lowest BCUT2D eigenvalue weighted by Crippen LogP contribution is -1.98. The Morgan fingerprint density at radius 3 is 2.12 bits per heavy atom. The van der Waals surface area contributed by atoms with Crippen LogP contribution < -0.4 is 14.2 Å². The molecule has 0 N–H and O–H groups in total. The van der Waals surface area contributed by atoms with Crippen LogP contribution in [0.1, 0.15) is 23.6 Å². The van der Waals surface area contributed by atoms with Gasteiger partial charge in [0.15, 0.2) is 11.5 Å². The molecular formula is C20H21NO3. The Kier molecular flexibility index (Phi) is 5.86. The number of hydrogen-bond donors (Lipinski definition) is 0. The van der Waals surface area contributed by atoms with Gasteiger partial charge >= 0.3 is 0 Å². The largest absolute Gasteiger partial charge is 0.493 e. The van der Waals surface area contributed by atoms with Gasteiger partial charge in [-0.15, -0.1) is 0 Å². The van der Waals surface area contributed by atoms with Gasteiger partial charge in [0.2, 0.25) is 5.75 Å². The van der Waals surface area contributed by atoms with Gasteiger partial charge in [-0.1, -0.05) is 31.2 Å². The van der Waals surface area contributed by atoms with Crippen molar-refractivity contribution >= 4 is 11.6 Å². The summed E-state index contributed by atoms with van der Waals surface area (Å²) in [5.74, 6) is 1.51. The van der Waals surface area contributed by atoms with E-state index < -0.39 is 0 Å². The van der Waals surface area contributed by atoms with Crippen LogP contribution in [-0.4, -0.2) is 21.3 Å². The number of aryl methyl sites for hydroxylation is 1. The summed E-state index contributed by atoms with van der Waals surface area (Å²) in [6, 6.07) is 13.9. The Balaban J connectivity index is 2.54. The van der Waals surface area contributed by atoms with Crippen molar-refractivity contribution in [3.8, 4) is 23.3 Å². The maximum Gasteiger partial charge on any atom is 0.203 e. The molecule has 0 unspecified atom stereocenters. The van der Waals surface area contributed by atoms with E-state index >= 15 is 0 Å². The summed E-state index contributed by atoms with van der Waals surface area (Å²) in [6.07, 6.45) is 2.82. The Morgan fingerprint density at radius 1 is 0.958 bits per heavy atom. The molecule has 0 bridgehead atoms. The second kappa shape index (κ2) is 8.07. The third-order valence-corrected chi connectivity index (χ3v) is 3.81. The van der Waals surface area contributed by atoms with Crippen LogP contribution in [0.25, 0.3) is 11.6 Å². The van der Waals surface area contributed by atoms with Gasteiger partial charge in [-0.25, -0.2) is 0 Å². The van der Waals surface area contributed by atoms with E-state index in [-0.39, 0.29) is 0 Å². The molecule has 0 spiro atoms. The molecule has 2 aromatic carbocycles. The van der Waals surface area contributed by atoms with Gasteiger partial charge in [0.1, 0.15) is 0 Å². The van der Waals surface area contributed by atoms with Crippen molar-refractivity contribution in [3.63, 3.8) is 0 Å². The van der Waals surface area contributed by atoms with Crippen LogP contribution in [-0.2, 0) is 6.42 Å². The molecule has 0 amide bonds. The van der Waals surface area contributed by atoms with E-state index in [0.717, 1.165) is 12.0 Å². The van der Waals surface area contributed by atoms with Gasteiger partial charge in [-0.3, -0.25) is 0 Å². The van der Waals surface area contributed by atoms with Crippen molar-refractivity contribution in [1.29, 1.82) is 5.26 Å². The van der Waals surface area contributed by atoms with Gasteiger partial charge in [-0.2, -0.15) is 5.26 Å². The van der Waals surface area contributed by atoms with Crippen molar-refractivity contribution in [1.82, 2.24) is 0 Å². The number of rotatable bonds is 6. The van der Waals surface area contributed by atoms with Crippen molar-refractivity contribution in [2.75, 3.05) is 21.3 Å². The number of hydrogen-bond acceptors (Lipinski definition) is 4. The molecule has 4 nitrogen and oxygen atoms in total. The summed E-state index contributed by atoms with van der Waals surface area (Å²) >= 11 is 0. The quantitative estimate of drug-likeness (QED) is 0.586. The Morgan fingerprint density at radius 2 is 1.62 bits per heavy atom. The summed E-state index contributed by atoms with van der Waals surface area (Å²) in [4.78, 5) is 0. The third-order valence-electron chi connectivity index (χ3n) is 3.81. The minimum Gasteiger partial charge on any atom is -0.493 e. The van der Waals surface area contributed by atoms with Gasteiger partial charge in [-0.05, 0) is 35.8 Å². The highest BCUT2D eigenvalue weighted by atomic mass is 16.5. The second-order valence-corrected chi connectivity index (χ2v) is 5.15. The SMILES string of the molecule is CCc1ccc(C=C(C#N)c2ccc(OC)c(OC)c2OC)cc1. The van der Waals surface area contributed by atoms with E-state index in [1.807, 2.05) is 18.2 Å². The molecule has 0 atom stereocenters. The summed E-state index contributed by atoms with van der Waals surface area (Å²) in [6.45, 7) is 2.11. The van der Waals surface area contributed by atoms with Crippen molar-refractivity contribution < 1.29 is 14.2 Å². The van der Waals surface area contributed by atoms with Crippen LogP contribution in [0.5, 0.6) is 17.2 Å². The van der Waals surface area contributed by atoms with Crippen LogP contribution in [0.2, 0.25) is 0 Å². The maximum atomic E-state index is 9.61. The summed E-state index contributed by atoms with van der Waals surface area (Å²) in [5.41, 5.74) is 3.38. The minimum atomic E-state index is 0.472. The van der Waals surface area contributed by atoms with E-state index in [9.17, 15) is 5.26 Å². The van der Waals surface area contributed by atoms with Crippen molar-refractivity contribution in [3.05, 3.63) is 53.1 Å². The van der Waals surface area contributed by atoms with E-state index in [2.05, 4.69) is 25.1 Å². The molecule has 0 aliphatic rings. The first-order valence-electron chi connectivity index (χ1n) is 7.68. The molecule has 124 valence electrons. The molecule has 24 heavy (non-hydrogen) atoms. The molecule has 2 aromatic rings. The molecule has 0 heterocycles. The standard InChI is InChI=1S/C20H21NO3/c1-5-14-6-8-15(9-7-14)12-16(13-21)17-10-11-18(22-2)20(24-4)19(17)23-3/h6-12H,5H2,1-4H3. The molecule has 0 fully saturated rings. The van der Waals surface area contributed by atoms with Crippen LogP contribution in [0, 0.1) is 11.3 Å². The van der Waals surface area contributed by atoms with E-state index in [1.165, 1.54) is 5.56 Å². The zero-order valence-electron chi connectivity index (χ0n) is 14.4. The van der Waals surface area contributed by atoms with Gasteiger partial charge < -0.3 is 14.2 Å². The first-order valence-corrected chi connectivity index (χ1v) is 7.68. The van der Waals surface area contributed by atoms with Crippen molar-refractivity contribution in [2.24, 2.45) is 0 Å². The van der Waals surface area contributed by atoms with Crippen LogP contribution in [0.3, 0.4) is 0 Å². The highest BCUT2D eigenvalue weighted by molar-refractivity contribution is 5.92. The summed E-state index contributed by atoms with van der Waals surface area (Å²) in [5, 5.41) is 9.61. The second-order valence-electron chi connectivity index (χ2n) is 5.15. The molecule has 0 radical (unpaired) electrons. The highest BCUT2D eigenvalue weighted by Crippen LogP contribution is 2.42. The van der Waals surface area contributed by atoms with Gasteiger partial charge in [0, 0.05) is 5.56 Å². The fraction of sp³-hybridized carbons (Fsp3) is 0.250. The fourth-order valence-corrected chi connectivity index (χ4v) is 2.50. The molecule has 0 saturated heterocycles. The monoisotopic (exact) mass is 323 g/mol. The summed E-state index contributed by atoms with van der Waals surface area (Å²) in [7, 11) is 4.66. The lowest BCUT2D eigenvalue weighted by molar-refractivity contribution is 0.324. The van der Waals surface area contributed by atoms with Crippen molar-refractivity contribution in [2.45, 2.75) is 13.3 Å². The normalized spacial score (nSPS) is 10.9. The predicted octanol–water partition coefficient (Wildman–Crippen LogP) is 4.34. The zero-order chi connectivity index (χ0) is 17.5. The number of methoxy groups -OCH3 is 3. The van der Waals surface area contributed by atoms with Gasteiger partial charge in [0.05, 0.1) is 33.0 Å². The molecule has 4 heteroatoms. The minimum absolute atomic E-state index is 0.472. The van der Waals surface area contributed by atoms with Gasteiger partial charge in [0.25, 0.3) is 0 Å². The Hall–Kier alpha value is -2.93. The molecule has 0 aliphatic carbocycles. The smallest absolute Gasteiger partial charge is 0.203 e. The zero-order valence-corrected chi connectivity index (χ0v) is 14.4. The molecule has 0 saturated carbocycles. The number of allylic oxidation sites excluding steroid dienone is 1. The molecule has 0 aliphatic heterocycles. The molecular weight excluding hydrogens is 302 g/mol. The number of nitriles is 1. The number of ether oxygens (including phenoxy) is 3. The number of nitrogens with zero attached hydrogens (tertiary/aromatic N) is 1. The van der Waals surface area contributed by atoms with Crippen LogP contribution >= 0.6 is 0 Å².